The molecule has 3 heterocycles. The predicted octanol–water partition coefficient (Wildman–Crippen LogP) is 3.07. The van der Waals surface area contributed by atoms with Gasteiger partial charge >= 0.3 is 0 Å². The third kappa shape index (κ3) is 4.42. The third-order valence-electron chi connectivity index (χ3n) is 6.56. The summed E-state index contributed by atoms with van der Waals surface area (Å²) in [6, 6.07) is 16.8. The quantitative estimate of drug-likeness (QED) is 0.308. The van der Waals surface area contributed by atoms with Crippen LogP contribution in [0.1, 0.15) is 12.5 Å². The summed E-state index contributed by atoms with van der Waals surface area (Å²) in [6.07, 6.45) is 1.73. The molecule has 180 valence electrons. The molecular formula is C26H31N9. The van der Waals surface area contributed by atoms with Crippen molar-refractivity contribution in [3.8, 4) is 11.5 Å². The van der Waals surface area contributed by atoms with Gasteiger partial charge in [0.1, 0.15) is 11.5 Å². The lowest BCUT2D eigenvalue weighted by Crippen LogP contribution is -2.44. The Morgan fingerprint density at radius 2 is 1.77 bits per heavy atom. The Labute approximate surface area is 204 Å². The largest absolute Gasteiger partial charge is 0.370 e. The summed E-state index contributed by atoms with van der Waals surface area (Å²) >= 11 is 0. The van der Waals surface area contributed by atoms with Crippen LogP contribution in [-0.4, -0.2) is 70.1 Å². The van der Waals surface area contributed by atoms with Crippen LogP contribution in [0.25, 0.3) is 22.6 Å². The molecule has 4 aromatic rings. The van der Waals surface area contributed by atoms with E-state index in [1.807, 2.05) is 18.2 Å². The Hall–Kier alpha value is -3.98. The zero-order chi connectivity index (χ0) is 24.5. The summed E-state index contributed by atoms with van der Waals surface area (Å²) in [7, 11) is 3.90. The lowest BCUT2D eigenvalue weighted by molar-refractivity contribution is 0.313. The number of anilines is 2. The van der Waals surface area contributed by atoms with Gasteiger partial charge in [0.2, 0.25) is 0 Å². The van der Waals surface area contributed by atoms with Crippen LogP contribution in [0, 0.1) is 10.8 Å². The molecule has 35 heavy (non-hydrogen) atoms. The molecule has 2 aromatic carbocycles. The number of imidazole rings is 1. The minimum Gasteiger partial charge on any atom is -0.370 e. The zero-order valence-electron chi connectivity index (χ0n) is 20.4. The van der Waals surface area contributed by atoms with Crippen LogP contribution in [0.5, 0.6) is 0 Å². The molecule has 2 aromatic heterocycles. The van der Waals surface area contributed by atoms with Crippen LogP contribution in [0.2, 0.25) is 0 Å². The van der Waals surface area contributed by atoms with E-state index >= 15 is 0 Å². The molecule has 0 atom stereocenters. The molecule has 0 saturated carbocycles. The molecule has 9 heteroatoms. The van der Waals surface area contributed by atoms with E-state index in [1.165, 1.54) is 15.8 Å². The van der Waals surface area contributed by atoms with Crippen molar-refractivity contribution in [2.75, 3.05) is 50.5 Å². The van der Waals surface area contributed by atoms with Crippen LogP contribution in [0.4, 0.5) is 11.5 Å². The number of benzene rings is 2. The van der Waals surface area contributed by atoms with E-state index in [0.717, 1.165) is 37.2 Å². The maximum Gasteiger partial charge on any atom is 0.173 e. The zero-order valence-corrected chi connectivity index (χ0v) is 20.4. The Morgan fingerprint density at radius 3 is 2.46 bits per heavy atom. The summed E-state index contributed by atoms with van der Waals surface area (Å²) in [6.45, 7) is 6.40. The van der Waals surface area contributed by atoms with Crippen LogP contribution in [0.15, 0.2) is 54.7 Å². The number of likely N-dealkylation sites (N-methyl/N-ethyl adjacent to an activating group) is 1. The first-order valence-corrected chi connectivity index (χ1v) is 11.8. The van der Waals surface area contributed by atoms with E-state index < -0.39 is 0 Å². The summed E-state index contributed by atoms with van der Waals surface area (Å²) < 4.78 is 3.72. The van der Waals surface area contributed by atoms with Crippen molar-refractivity contribution in [3.63, 3.8) is 0 Å². The smallest absolute Gasteiger partial charge is 0.173 e. The molecule has 0 amide bonds. The van der Waals surface area contributed by atoms with E-state index in [4.69, 9.17) is 20.8 Å². The van der Waals surface area contributed by atoms with Crippen molar-refractivity contribution in [3.05, 3.63) is 65.8 Å². The number of hydrogen-bond acceptors (Lipinski definition) is 7. The second kappa shape index (κ2) is 9.34. The van der Waals surface area contributed by atoms with Crippen molar-refractivity contribution in [2.45, 2.75) is 13.5 Å². The van der Waals surface area contributed by atoms with Crippen LogP contribution < -0.4 is 15.7 Å². The molecule has 5 rings (SSSR count). The Bertz CT molecular complexity index is 1430. The number of aromatic nitrogens is 4. The van der Waals surface area contributed by atoms with Crippen molar-refractivity contribution >= 4 is 28.4 Å². The van der Waals surface area contributed by atoms with Gasteiger partial charge in [0.25, 0.3) is 0 Å². The van der Waals surface area contributed by atoms with Crippen molar-refractivity contribution < 1.29 is 0 Å². The number of rotatable bonds is 5. The lowest BCUT2D eigenvalue weighted by atomic mass is 10.2. The fourth-order valence-corrected chi connectivity index (χ4v) is 4.54. The standard InChI is InChI=1S/C26H31N9/c1-18(27)34-17-22(30-25(29-2)24(34)28)26-31-21-10-9-20(33-13-11-32(3)12-14-33)15-23(21)35(26)16-19-7-5-4-6-8-19/h4-10,15,17,27-28H,11-14,16H2,1-3H3,(H,29,30). The minimum absolute atomic E-state index is 0.145. The van der Waals surface area contributed by atoms with Gasteiger partial charge in [0.05, 0.1) is 11.0 Å². The monoisotopic (exact) mass is 469 g/mol. The van der Waals surface area contributed by atoms with Gasteiger partial charge in [-0.15, -0.1) is 0 Å². The molecule has 1 aliphatic rings. The third-order valence-corrected chi connectivity index (χ3v) is 6.56. The average Bonchev–Trinajstić information content (AvgIpc) is 3.22. The van der Waals surface area contributed by atoms with Gasteiger partial charge < -0.3 is 19.7 Å². The molecule has 0 aliphatic carbocycles. The van der Waals surface area contributed by atoms with Gasteiger partial charge in [0.15, 0.2) is 17.1 Å². The molecule has 9 nitrogen and oxygen atoms in total. The van der Waals surface area contributed by atoms with E-state index in [9.17, 15) is 0 Å². The van der Waals surface area contributed by atoms with Gasteiger partial charge in [-0.2, -0.15) is 0 Å². The van der Waals surface area contributed by atoms with Gasteiger partial charge in [-0.1, -0.05) is 30.3 Å². The predicted molar refractivity (Wildman–Crippen MR) is 140 cm³/mol. The summed E-state index contributed by atoms with van der Waals surface area (Å²) in [5.74, 6) is 1.37. The number of nitrogens with one attached hydrogen (secondary N) is 3. The van der Waals surface area contributed by atoms with Crippen LogP contribution >= 0.6 is 0 Å². The van der Waals surface area contributed by atoms with Gasteiger partial charge in [-0.05, 0) is 37.7 Å². The molecule has 0 radical (unpaired) electrons. The van der Waals surface area contributed by atoms with E-state index in [2.05, 4.69) is 57.1 Å². The fourth-order valence-electron chi connectivity index (χ4n) is 4.54. The number of nitrogens with zero attached hydrogens (tertiary/aromatic N) is 6. The van der Waals surface area contributed by atoms with E-state index in [1.54, 1.807) is 20.2 Å². The highest BCUT2D eigenvalue weighted by Gasteiger charge is 2.20. The van der Waals surface area contributed by atoms with Crippen molar-refractivity contribution in [1.82, 2.24) is 24.0 Å². The van der Waals surface area contributed by atoms with E-state index in [-0.39, 0.29) is 11.3 Å². The lowest BCUT2D eigenvalue weighted by Gasteiger charge is -2.34. The molecule has 1 fully saturated rings. The number of fused-ring (bicyclic) bond motifs is 1. The Balaban J connectivity index is 1.68. The van der Waals surface area contributed by atoms with Crippen molar-refractivity contribution in [1.29, 1.82) is 10.8 Å². The molecule has 0 unspecified atom stereocenters. The van der Waals surface area contributed by atoms with Gasteiger partial charge in [-0.25, -0.2) is 9.97 Å². The first-order valence-electron chi connectivity index (χ1n) is 11.8. The van der Waals surface area contributed by atoms with E-state index in [0.29, 0.717) is 23.9 Å². The first-order chi connectivity index (χ1) is 16.9. The van der Waals surface area contributed by atoms with Gasteiger partial charge in [-0.3, -0.25) is 15.4 Å². The summed E-state index contributed by atoms with van der Waals surface area (Å²) in [5, 5.41) is 19.5. The number of piperazine rings is 1. The number of hydrogen-bond donors (Lipinski definition) is 3. The van der Waals surface area contributed by atoms with Crippen LogP contribution in [0.3, 0.4) is 0 Å². The molecule has 1 saturated heterocycles. The normalized spacial score (nSPS) is 14.4. The highest BCUT2D eigenvalue weighted by Crippen LogP contribution is 2.29. The summed E-state index contributed by atoms with van der Waals surface area (Å²) in [4.78, 5) is 14.5. The Kier molecular flexibility index (Phi) is 6.08. The minimum atomic E-state index is 0.145. The second-order valence-corrected chi connectivity index (χ2v) is 9.00. The van der Waals surface area contributed by atoms with Crippen molar-refractivity contribution in [2.24, 2.45) is 0 Å². The molecular weight excluding hydrogens is 438 g/mol. The topological polar surface area (TPSA) is 102 Å². The highest BCUT2D eigenvalue weighted by molar-refractivity contribution is 5.85. The van der Waals surface area contributed by atoms with Crippen LogP contribution in [-0.2, 0) is 6.54 Å². The first kappa shape index (κ1) is 22.8. The highest BCUT2D eigenvalue weighted by atomic mass is 15.2. The second-order valence-electron chi connectivity index (χ2n) is 9.00. The fraction of sp³-hybridized carbons (Fsp3) is 0.308. The maximum atomic E-state index is 8.39. The molecule has 1 aliphatic heterocycles. The molecule has 0 spiro atoms. The Morgan fingerprint density at radius 1 is 1.03 bits per heavy atom. The van der Waals surface area contributed by atoms with Gasteiger partial charge in [0, 0.05) is 51.7 Å². The average molecular weight is 470 g/mol. The SMILES string of the molecule is CNc1nc(-c2nc3ccc(N4CCN(C)CC4)cc3n2Cc2ccccc2)cn(C(C)=N)c1=N. The molecule has 3 N–H and O–H groups in total. The maximum absolute atomic E-state index is 8.39. The molecule has 0 bridgehead atoms. The summed E-state index contributed by atoms with van der Waals surface area (Å²) in [5.41, 5.74) is 5.06.